The van der Waals surface area contributed by atoms with Gasteiger partial charge in [0.1, 0.15) is 0 Å². The van der Waals surface area contributed by atoms with E-state index in [9.17, 15) is 9.90 Å². The first-order valence-electron chi connectivity index (χ1n) is 8.16. The summed E-state index contributed by atoms with van der Waals surface area (Å²) in [6.07, 6.45) is 0.653. The van der Waals surface area contributed by atoms with Crippen LogP contribution in [0.15, 0.2) is 53.5 Å². The lowest BCUT2D eigenvalue weighted by molar-refractivity contribution is 0.0680. The Balaban J connectivity index is 1.83. The number of carbonyl (C=O) groups is 1. The summed E-state index contributed by atoms with van der Waals surface area (Å²) in [5.41, 5.74) is 5.08. The predicted octanol–water partition coefficient (Wildman–Crippen LogP) is 2.94. The average molecular weight is 322 g/mol. The summed E-state index contributed by atoms with van der Waals surface area (Å²) in [4.78, 5) is 18.7. The van der Waals surface area contributed by atoms with Gasteiger partial charge in [0.05, 0.1) is 19.2 Å². The minimum absolute atomic E-state index is 0.0357. The quantitative estimate of drug-likeness (QED) is 0.944. The maximum atomic E-state index is 12.8. The first kappa shape index (κ1) is 16.4. The number of benzene rings is 2. The molecule has 1 saturated heterocycles. The monoisotopic (exact) mass is 322 g/mol. The Kier molecular flexibility index (Phi) is 4.76. The van der Waals surface area contributed by atoms with Gasteiger partial charge in [-0.15, -0.1) is 0 Å². The molecule has 1 fully saturated rings. The van der Waals surface area contributed by atoms with E-state index in [1.54, 1.807) is 11.9 Å². The number of aliphatic hydroxyl groups is 1. The van der Waals surface area contributed by atoms with Gasteiger partial charge in [-0.1, -0.05) is 36.4 Å². The maximum Gasteiger partial charge on any atom is 0.254 e. The number of carbonyl (C=O) groups excluding carboxylic acids is 1. The second-order valence-corrected chi connectivity index (χ2v) is 6.16. The molecule has 4 heteroatoms. The summed E-state index contributed by atoms with van der Waals surface area (Å²) in [7, 11) is 1.73. The number of hydrogen-bond acceptors (Lipinski definition) is 3. The van der Waals surface area contributed by atoms with E-state index in [4.69, 9.17) is 0 Å². The zero-order valence-electron chi connectivity index (χ0n) is 14.1. The number of likely N-dealkylation sites (tertiary alicyclic amines) is 1. The van der Waals surface area contributed by atoms with Crippen LogP contribution in [-0.4, -0.2) is 47.9 Å². The Hall–Kier alpha value is -2.46. The van der Waals surface area contributed by atoms with E-state index < -0.39 is 0 Å². The third-order valence-electron chi connectivity index (χ3n) is 4.64. The van der Waals surface area contributed by atoms with Crippen LogP contribution < -0.4 is 0 Å². The molecule has 4 nitrogen and oxygen atoms in total. The largest absolute Gasteiger partial charge is 0.394 e. The molecule has 0 unspecified atom stereocenters. The molecule has 1 heterocycles. The highest BCUT2D eigenvalue weighted by Gasteiger charge is 2.32. The number of amides is 1. The fraction of sp³-hybridized carbons (Fsp3) is 0.300. The second-order valence-electron chi connectivity index (χ2n) is 6.16. The molecule has 0 radical (unpaired) electrons. The van der Waals surface area contributed by atoms with Crippen LogP contribution in [0.25, 0.3) is 11.1 Å². The molecule has 24 heavy (non-hydrogen) atoms. The van der Waals surface area contributed by atoms with E-state index in [1.807, 2.05) is 36.4 Å². The van der Waals surface area contributed by atoms with Crippen LogP contribution >= 0.6 is 0 Å². The van der Waals surface area contributed by atoms with Crippen molar-refractivity contribution in [2.24, 2.45) is 4.99 Å². The highest BCUT2D eigenvalue weighted by atomic mass is 16.3. The molecular weight excluding hydrogens is 300 g/mol. The van der Waals surface area contributed by atoms with Gasteiger partial charge in [0.2, 0.25) is 0 Å². The molecule has 1 amide bonds. The van der Waals surface area contributed by atoms with Crippen LogP contribution in [0.2, 0.25) is 0 Å². The van der Waals surface area contributed by atoms with Crippen LogP contribution in [0.4, 0.5) is 0 Å². The van der Waals surface area contributed by atoms with Crippen molar-refractivity contribution in [2.75, 3.05) is 20.2 Å². The first-order valence-corrected chi connectivity index (χ1v) is 8.16. The molecule has 3 rings (SSSR count). The maximum absolute atomic E-state index is 12.8. The van der Waals surface area contributed by atoms with Crippen molar-refractivity contribution in [3.05, 3.63) is 59.7 Å². The van der Waals surface area contributed by atoms with Gasteiger partial charge >= 0.3 is 0 Å². The van der Waals surface area contributed by atoms with E-state index >= 15 is 0 Å². The number of aliphatic hydroxyl groups excluding tert-OH is 1. The molecule has 0 bridgehead atoms. The van der Waals surface area contributed by atoms with E-state index in [0.717, 1.165) is 11.3 Å². The van der Waals surface area contributed by atoms with Crippen molar-refractivity contribution in [2.45, 2.75) is 19.4 Å². The summed E-state index contributed by atoms with van der Waals surface area (Å²) in [6.45, 7) is 2.54. The van der Waals surface area contributed by atoms with Crippen molar-refractivity contribution in [3.8, 4) is 11.1 Å². The minimum Gasteiger partial charge on any atom is -0.394 e. The summed E-state index contributed by atoms with van der Waals surface area (Å²) < 4.78 is 0. The fourth-order valence-corrected chi connectivity index (χ4v) is 3.19. The van der Waals surface area contributed by atoms with E-state index in [0.29, 0.717) is 18.5 Å². The Morgan fingerprint density at radius 1 is 1.21 bits per heavy atom. The second kappa shape index (κ2) is 6.97. The van der Waals surface area contributed by atoms with Gasteiger partial charge in [0.15, 0.2) is 0 Å². The lowest BCUT2D eigenvalue weighted by Crippen LogP contribution is -2.37. The summed E-state index contributed by atoms with van der Waals surface area (Å²) in [5.74, 6) is -0.0518. The van der Waals surface area contributed by atoms with E-state index in [1.165, 1.54) is 11.1 Å². The number of nitrogens with zero attached hydrogens (tertiary/aromatic N) is 2. The molecule has 2 aromatic carbocycles. The third-order valence-corrected chi connectivity index (χ3v) is 4.64. The zero-order chi connectivity index (χ0) is 17.1. The van der Waals surface area contributed by atoms with Crippen molar-refractivity contribution < 1.29 is 9.90 Å². The smallest absolute Gasteiger partial charge is 0.254 e. The topological polar surface area (TPSA) is 52.9 Å². The fourth-order valence-electron chi connectivity index (χ4n) is 3.19. The number of aliphatic imine (C=N–C) groups is 1. The lowest BCUT2D eigenvalue weighted by atomic mass is 9.99. The molecule has 1 atom stereocenters. The third kappa shape index (κ3) is 3.10. The zero-order valence-corrected chi connectivity index (χ0v) is 14.1. The molecule has 0 aliphatic carbocycles. The van der Waals surface area contributed by atoms with Gasteiger partial charge in [-0.05, 0) is 35.7 Å². The Labute approximate surface area is 142 Å². The summed E-state index contributed by atoms with van der Waals surface area (Å²) in [5, 5.41) is 9.52. The Bertz CT molecular complexity index is 765. The van der Waals surface area contributed by atoms with Gasteiger partial charge in [-0.3, -0.25) is 9.79 Å². The predicted molar refractivity (Wildman–Crippen MR) is 96.5 cm³/mol. The van der Waals surface area contributed by atoms with Gasteiger partial charge in [-0.25, -0.2) is 0 Å². The highest BCUT2D eigenvalue weighted by molar-refractivity contribution is 6.00. The Morgan fingerprint density at radius 2 is 1.92 bits per heavy atom. The number of rotatable bonds is 3. The van der Waals surface area contributed by atoms with Crippen molar-refractivity contribution in [1.29, 1.82) is 0 Å². The molecule has 1 aliphatic heterocycles. The van der Waals surface area contributed by atoms with Crippen molar-refractivity contribution in [1.82, 2.24) is 4.90 Å². The normalized spacial score (nSPS) is 19.0. The van der Waals surface area contributed by atoms with Gasteiger partial charge < -0.3 is 10.0 Å². The van der Waals surface area contributed by atoms with Crippen LogP contribution in [0.5, 0.6) is 0 Å². The Morgan fingerprint density at radius 3 is 2.54 bits per heavy atom. The van der Waals surface area contributed by atoms with E-state index in [-0.39, 0.29) is 18.6 Å². The van der Waals surface area contributed by atoms with Crippen LogP contribution in [0.1, 0.15) is 22.3 Å². The molecule has 0 spiro atoms. The average Bonchev–Trinajstić information content (AvgIpc) is 3.05. The molecule has 2 aromatic rings. The van der Waals surface area contributed by atoms with Crippen molar-refractivity contribution >= 4 is 11.6 Å². The van der Waals surface area contributed by atoms with Crippen LogP contribution in [0, 0.1) is 6.92 Å². The standard InChI is InChI=1S/C20H22N2O2/c1-14-5-3-4-6-19(14)15-7-9-16(10-8-15)20(24)22-12-17(21-2)11-18(22)13-23/h3-10,18,23H,11-13H2,1-2H3/t18-/m0/s1. The minimum atomic E-state index is -0.174. The molecular formula is C20H22N2O2. The van der Waals surface area contributed by atoms with Crippen LogP contribution in [-0.2, 0) is 0 Å². The summed E-state index contributed by atoms with van der Waals surface area (Å²) in [6, 6.07) is 15.7. The number of aryl methyl sites for hydroxylation is 1. The van der Waals surface area contributed by atoms with E-state index in [2.05, 4.69) is 24.0 Å². The molecule has 0 saturated carbocycles. The molecule has 124 valence electrons. The first-order chi connectivity index (χ1) is 11.6. The van der Waals surface area contributed by atoms with Gasteiger partial charge in [-0.2, -0.15) is 0 Å². The van der Waals surface area contributed by atoms with Gasteiger partial charge in [0.25, 0.3) is 5.91 Å². The summed E-state index contributed by atoms with van der Waals surface area (Å²) >= 11 is 0. The highest BCUT2D eigenvalue weighted by Crippen LogP contribution is 2.25. The molecule has 0 aromatic heterocycles. The molecule has 1 N–H and O–H groups in total. The van der Waals surface area contributed by atoms with Gasteiger partial charge in [0, 0.05) is 24.7 Å². The number of hydrogen-bond donors (Lipinski definition) is 1. The lowest BCUT2D eigenvalue weighted by Gasteiger charge is -2.22. The SMILES string of the molecule is CN=C1C[C@@H](CO)N(C(=O)c2ccc(-c3ccccc3C)cc2)C1. The van der Waals surface area contributed by atoms with Crippen LogP contribution in [0.3, 0.4) is 0 Å². The van der Waals surface area contributed by atoms with Crippen molar-refractivity contribution in [3.63, 3.8) is 0 Å². The molecule has 1 aliphatic rings.